The van der Waals surface area contributed by atoms with Crippen LogP contribution in [0.15, 0.2) is 47.4 Å². The third kappa shape index (κ3) is 8.25. The molecule has 1 saturated carbocycles. The van der Waals surface area contributed by atoms with Gasteiger partial charge in [0.2, 0.25) is 0 Å². The van der Waals surface area contributed by atoms with Crippen LogP contribution in [0.3, 0.4) is 0 Å². The first-order valence-electron chi connectivity index (χ1n) is 13.3. The lowest BCUT2D eigenvalue weighted by atomic mass is 9.91. The molecule has 208 valence electrons. The van der Waals surface area contributed by atoms with E-state index in [1.54, 1.807) is 6.33 Å². The van der Waals surface area contributed by atoms with Gasteiger partial charge in [0.1, 0.15) is 17.9 Å². The number of nitrogens with zero attached hydrogens (tertiary/aromatic N) is 4. The molecule has 0 amide bonds. The van der Waals surface area contributed by atoms with E-state index in [1.807, 2.05) is 19.3 Å². The predicted octanol–water partition coefficient (Wildman–Crippen LogP) is 3.69. The maximum Gasteiger partial charge on any atom is 0.328 e. The normalized spacial score (nSPS) is 15.8. The van der Waals surface area contributed by atoms with Gasteiger partial charge in [0.15, 0.2) is 5.58 Å². The number of hydrogen-bond acceptors (Lipinski definition) is 9. The summed E-state index contributed by atoms with van der Waals surface area (Å²) in [5.74, 6) is 0.882. The first-order chi connectivity index (χ1) is 18.9. The van der Waals surface area contributed by atoms with Crippen molar-refractivity contribution in [2.75, 3.05) is 31.6 Å². The lowest BCUT2D eigenvalue weighted by Gasteiger charge is -2.32. The van der Waals surface area contributed by atoms with Crippen LogP contribution >= 0.6 is 0 Å². The summed E-state index contributed by atoms with van der Waals surface area (Å²) in [6.07, 6.45) is 11.6. The number of aliphatic carboxylic acids is 2. The molecule has 3 aromatic rings. The zero-order chi connectivity index (χ0) is 27.6. The number of fused-ring (bicyclic) bond motifs is 1. The van der Waals surface area contributed by atoms with Gasteiger partial charge in [-0.3, -0.25) is 0 Å². The van der Waals surface area contributed by atoms with Gasteiger partial charge in [-0.25, -0.2) is 19.6 Å². The highest BCUT2D eigenvalue weighted by Crippen LogP contribution is 2.34. The highest BCUT2D eigenvalue weighted by Gasteiger charge is 2.24. The van der Waals surface area contributed by atoms with Crippen LogP contribution in [0.25, 0.3) is 11.0 Å². The highest BCUT2D eigenvalue weighted by molar-refractivity contribution is 5.89. The number of benzene rings is 1. The number of anilines is 1. The molecule has 2 aromatic heterocycles. The molecule has 0 atom stereocenters. The van der Waals surface area contributed by atoms with Crippen LogP contribution in [0, 0.1) is 11.8 Å². The van der Waals surface area contributed by atoms with Crippen LogP contribution in [0.4, 0.5) is 5.82 Å². The SMILES string of the molecule is CNCc1c(OCC2CC2)ccc2c(CCC3CCN(c4ccncn4)CC3)noc12.O=C(O)/C=C/C(=O)O. The van der Waals surface area contributed by atoms with E-state index in [4.69, 9.17) is 19.5 Å². The number of hydrogen-bond donors (Lipinski definition) is 3. The second-order valence-corrected chi connectivity index (χ2v) is 9.88. The Morgan fingerprint density at radius 1 is 1.10 bits per heavy atom. The van der Waals surface area contributed by atoms with Crippen molar-refractivity contribution >= 4 is 28.7 Å². The summed E-state index contributed by atoms with van der Waals surface area (Å²) in [4.78, 5) is 29.9. The quantitative estimate of drug-likeness (QED) is 0.307. The van der Waals surface area contributed by atoms with Crippen LogP contribution in [0.1, 0.15) is 43.4 Å². The van der Waals surface area contributed by atoms with Crippen molar-refractivity contribution in [3.8, 4) is 5.75 Å². The number of rotatable bonds is 11. The van der Waals surface area contributed by atoms with E-state index in [-0.39, 0.29) is 0 Å². The minimum Gasteiger partial charge on any atom is -0.493 e. The summed E-state index contributed by atoms with van der Waals surface area (Å²) in [6.45, 7) is 3.62. The molecule has 39 heavy (non-hydrogen) atoms. The number of aromatic nitrogens is 3. The molecule has 1 saturated heterocycles. The summed E-state index contributed by atoms with van der Waals surface area (Å²) in [5, 5.41) is 24.4. The molecule has 5 rings (SSSR count). The lowest BCUT2D eigenvalue weighted by molar-refractivity contribution is -0.134. The van der Waals surface area contributed by atoms with Gasteiger partial charge in [-0.15, -0.1) is 0 Å². The number of nitrogens with one attached hydrogen (secondary N) is 1. The van der Waals surface area contributed by atoms with E-state index in [0.29, 0.717) is 24.6 Å². The van der Waals surface area contributed by atoms with E-state index in [1.165, 1.54) is 25.7 Å². The standard InChI is InChI=1S/C24H31N5O2.C4H4O4/c1-25-14-20-22(30-15-18-2-3-18)7-5-19-21(28-31-24(19)20)6-4-17-9-12-29(13-10-17)23-8-11-26-16-27-23;5-3(6)1-2-4(7)8/h5,7-8,11,16-18,25H,2-4,6,9-10,12-15H2,1H3;1-2H,(H,5,6)(H,7,8)/b;2-1+. The molecule has 3 N–H and O–H groups in total. The van der Waals surface area contributed by atoms with Gasteiger partial charge in [0, 0.05) is 43.4 Å². The van der Waals surface area contributed by atoms with Crippen molar-refractivity contribution in [1.82, 2.24) is 20.4 Å². The summed E-state index contributed by atoms with van der Waals surface area (Å²) < 4.78 is 11.9. The fourth-order valence-electron chi connectivity index (χ4n) is 4.65. The van der Waals surface area contributed by atoms with E-state index in [0.717, 1.165) is 72.2 Å². The zero-order valence-corrected chi connectivity index (χ0v) is 22.1. The average Bonchev–Trinajstić information content (AvgIpc) is 3.69. The smallest absolute Gasteiger partial charge is 0.328 e. The molecule has 3 heterocycles. The first-order valence-corrected chi connectivity index (χ1v) is 13.3. The molecular formula is C28H35N5O6. The molecule has 0 spiro atoms. The van der Waals surface area contributed by atoms with Crippen LogP contribution in [-0.2, 0) is 22.6 Å². The Balaban J connectivity index is 0.000000386. The Hall–Kier alpha value is -3.99. The molecule has 0 radical (unpaired) electrons. The van der Waals surface area contributed by atoms with E-state index >= 15 is 0 Å². The number of ether oxygens (including phenoxy) is 1. The summed E-state index contributed by atoms with van der Waals surface area (Å²) in [5.41, 5.74) is 3.02. The van der Waals surface area contributed by atoms with Crippen molar-refractivity contribution in [2.24, 2.45) is 11.8 Å². The summed E-state index contributed by atoms with van der Waals surface area (Å²) >= 11 is 0. The van der Waals surface area contributed by atoms with Crippen molar-refractivity contribution in [2.45, 2.75) is 45.1 Å². The van der Waals surface area contributed by atoms with E-state index in [9.17, 15) is 9.59 Å². The number of aryl methyl sites for hydroxylation is 1. The van der Waals surface area contributed by atoms with Crippen molar-refractivity contribution < 1.29 is 29.1 Å². The molecular weight excluding hydrogens is 502 g/mol. The van der Waals surface area contributed by atoms with Crippen molar-refractivity contribution in [3.63, 3.8) is 0 Å². The Labute approximate surface area is 226 Å². The van der Waals surface area contributed by atoms with Gasteiger partial charge < -0.3 is 29.7 Å². The number of piperidine rings is 1. The monoisotopic (exact) mass is 537 g/mol. The number of carboxylic acid groups (broad SMARTS) is 2. The third-order valence-corrected chi connectivity index (χ3v) is 6.96. The Morgan fingerprint density at radius 2 is 1.85 bits per heavy atom. The molecule has 1 aliphatic carbocycles. The van der Waals surface area contributed by atoms with Crippen LogP contribution < -0.4 is 15.0 Å². The summed E-state index contributed by atoms with van der Waals surface area (Å²) in [7, 11) is 1.95. The molecule has 0 bridgehead atoms. The van der Waals surface area contributed by atoms with E-state index < -0.39 is 11.9 Å². The van der Waals surface area contributed by atoms with Gasteiger partial charge in [0.05, 0.1) is 17.9 Å². The zero-order valence-electron chi connectivity index (χ0n) is 22.1. The molecule has 2 fully saturated rings. The maximum absolute atomic E-state index is 9.55. The predicted molar refractivity (Wildman–Crippen MR) is 145 cm³/mol. The molecule has 2 aliphatic rings. The minimum absolute atomic E-state index is 0.558. The Kier molecular flexibility index (Phi) is 9.85. The largest absolute Gasteiger partial charge is 0.493 e. The molecule has 0 unspecified atom stereocenters. The van der Waals surface area contributed by atoms with Crippen LogP contribution in [0.5, 0.6) is 5.75 Å². The Bertz CT molecular complexity index is 1250. The fourth-order valence-corrected chi connectivity index (χ4v) is 4.65. The van der Waals surface area contributed by atoms with Gasteiger partial charge in [-0.2, -0.15) is 0 Å². The Morgan fingerprint density at radius 3 is 2.46 bits per heavy atom. The van der Waals surface area contributed by atoms with Gasteiger partial charge >= 0.3 is 11.9 Å². The molecule has 11 nitrogen and oxygen atoms in total. The average molecular weight is 538 g/mol. The second-order valence-electron chi connectivity index (χ2n) is 9.88. The van der Waals surface area contributed by atoms with Crippen molar-refractivity contribution in [3.05, 3.63) is 54.1 Å². The second kappa shape index (κ2) is 13.7. The fraction of sp³-hybridized carbons (Fsp3) is 0.464. The molecule has 1 aliphatic heterocycles. The van der Waals surface area contributed by atoms with Crippen LogP contribution in [0.2, 0.25) is 0 Å². The third-order valence-electron chi connectivity index (χ3n) is 6.96. The van der Waals surface area contributed by atoms with Gasteiger partial charge in [-0.05, 0) is 75.6 Å². The molecule has 1 aromatic carbocycles. The van der Waals surface area contributed by atoms with Crippen LogP contribution in [-0.4, -0.2) is 64.0 Å². The number of carbonyl (C=O) groups is 2. The first kappa shape index (κ1) is 28.0. The molecule has 11 heteroatoms. The highest BCUT2D eigenvalue weighted by atomic mass is 16.5. The maximum atomic E-state index is 9.55. The van der Waals surface area contributed by atoms with Crippen molar-refractivity contribution in [1.29, 1.82) is 0 Å². The van der Waals surface area contributed by atoms with E-state index in [2.05, 4.69) is 37.5 Å². The summed E-state index contributed by atoms with van der Waals surface area (Å²) in [6, 6.07) is 6.21. The van der Waals surface area contributed by atoms with Gasteiger partial charge in [0.25, 0.3) is 0 Å². The topological polar surface area (TPSA) is 151 Å². The lowest BCUT2D eigenvalue weighted by Crippen LogP contribution is -2.34. The minimum atomic E-state index is -1.26. The number of carboxylic acids is 2. The van der Waals surface area contributed by atoms with Gasteiger partial charge in [-0.1, -0.05) is 5.16 Å².